The minimum absolute atomic E-state index is 0.0983. The lowest BCUT2D eigenvalue weighted by Gasteiger charge is -2.02. The van der Waals surface area contributed by atoms with Crippen LogP contribution in [-0.2, 0) is 6.42 Å². The average molecular weight is 259 g/mol. The van der Waals surface area contributed by atoms with Crippen LogP contribution in [0.5, 0.6) is 0 Å². The molecule has 2 aromatic rings. The summed E-state index contributed by atoms with van der Waals surface area (Å²) in [4.78, 5) is 15.2. The maximum Gasteiger partial charge on any atom is 0.374 e. The van der Waals surface area contributed by atoms with Gasteiger partial charge in [-0.2, -0.15) is 0 Å². The summed E-state index contributed by atoms with van der Waals surface area (Å²) in [5.41, 5.74) is 2.42. The molecule has 0 aliphatic rings. The molecule has 0 spiro atoms. The number of carboxylic acid groups (broad SMARTS) is 1. The van der Waals surface area contributed by atoms with Gasteiger partial charge in [0.15, 0.2) is 5.89 Å². The first-order valence-corrected chi connectivity index (χ1v) is 6.42. The summed E-state index contributed by atoms with van der Waals surface area (Å²) in [5, 5.41) is 9.08. The van der Waals surface area contributed by atoms with E-state index >= 15 is 0 Å². The van der Waals surface area contributed by atoms with Crippen LogP contribution in [0.1, 0.15) is 41.8 Å². The molecule has 2 rings (SSSR count). The highest BCUT2D eigenvalue weighted by Gasteiger charge is 2.19. The molecule has 19 heavy (non-hydrogen) atoms. The van der Waals surface area contributed by atoms with Crippen molar-refractivity contribution in [3.05, 3.63) is 41.5 Å². The van der Waals surface area contributed by atoms with E-state index in [1.165, 1.54) is 5.56 Å². The molecule has 0 atom stereocenters. The van der Waals surface area contributed by atoms with Gasteiger partial charge in [-0.15, -0.1) is 0 Å². The zero-order valence-corrected chi connectivity index (χ0v) is 11.1. The van der Waals surface area contributed by atoms with Crippen LogP contribution in [0.4, 0.5) is 0 Å². The molecule has 1 aromatic heterocycles. The SMILES string of the molecule is CCCCc1ccc(-c2nc(C)oc2C(=O)O)cc1. The molecule has 1 N–H and O–H groups in total. The molecule has 4 heteroatoms. The first-order chi connectivity index (χ1) is 9.11. The summed E-state index contributed by atoms with van der Waals surface area (Å²) in [6.07, 6.45) is 3.36. The van der Waals surface area contributed by atoms with Crippen molar-refractivity contribution in [3.63, 3.8) is 0 Å². The molecule has 0 radical (unpaired) electrons. The van der Waals surface area contributed by atoms with E-state index in [-0.39, 0.29) is 5.76 Å². The fourth-order valence-electron chi connectivity index (χ4n) is 1.98. The highest BCUT2D eigenvalue weighted by Crippen LogP contribution is 2.24. The zero-order chi connectivity index (χ0) is 13.8. The van der Waals surface area contributed by atoms with Crippen molar-refractivity contribution in [1.29, 1.82) is 0 Å². The second kappa shape index (κ2) is 5.69. The van der Waals surface area contributed by atoms with E-state index in [9.17, 15) is 4.79 Å². The van der Waals surface area contributed by atoms with Gasteiger partial charge in [0.25, 0.3) is 0 Å². The third-order valence-corrected chi connectivity index (χ3v) is 2.97. The molecule has 0 bridgehead atoms. The predicted octanol–water partition coefficient (Wildman–Crippen LogP) is 3.69. The zero-order valence-electron chi connectivity index (χ0n) is 11.1. The number of unbranched alkanes of at least 4 members (excludes halogenated alkanes) is 1. The molecule has 0 saturated heterocycles. The van der Waals surface area contributed by atoms with E-state index in [1.807, 2.05) is 24.3 Å². The van der Waals surface area contributed by atoms with Gasteiger partial charge in [0.2, 0.25) is 5.76 Å². The molecule has 0 saturated carbocycles. The maximum absolute atomic E-state index is 11.1. The quantitative estimate of drug-likeness (QED) is 0.889. The molecule has 0 amide bonds. The van der Waals surface area contributed by atoms with E-state index in [2.05, 4.69) is 11.9 Å². The van der Waals surface area contributed by atoms with Crippen molar-refractivity contribution < 1.29 is 14.3 Å². The second-order valence-electron chi connectivity index (χ2n) is 4.52. The Labute approximate surface area is 112 Å². The van der Waals surface area contributed by atoms with E-state index in [0.29, 0.717) is 11.6 Å². The normalized spacial score (nSPS) is 10.6. The van der Waals surface area contributed by atoms with Gasteiger partial charge in [-0.05, 0) is 18.4 Å². The molecule has 0 unspecified atom stereocenters. The molecule has 0 aliphatic heterocycles. The number of aryl methyl sites for hydroxylation is 2. The Bertz CT molecular complexity index is 570. The average Bonchev–Trinajstić information content (AvgIpc) is 2.79. The van der Waals surface area contributed by atoms with E-state index in [0.717, 1.165) is 24.8 Å². The van der Waals surface area contributed by atoms with Crippen molar-refractivity contribution in [1.82, 2.24) is 4.98 Å². The summed E-state index contributed by atoms with van der Waals surface area (Å²) in [6, 6.07) is 7.82. The van der Waals surface area contributed by atoms with Gasteiger partial charge in [-0.1, -0.05) is 37.6 Å². The van der Waals surface area contributed by atoms with Gasteiger partial charge in [0.1, 0.15) is 5.69 Å². The number of aromatic nitrogens is 1. The fraction of sp³-hybridized carbons (Fsp3) is 0.333. The van der Waals surface area contributed by atoms with Gasteiger partial charge < -0.3 is 9.52 Å². The van der Waals surface area contributed by atoms with Gasteiger partial charge in [0, 0.05) is 12.5 Å². The van der Waals surface area contributed by atoms with Crippen LogP contribution in [-0.4, -0.2) is 16.1 Å². The van der Waals surface area contributed by atoms with Crippen LogP contribution in [0, 0.1) is 6.92 Å². The Morgan fingerprint density at radius 3 is 2.58 bits per heavy atom. The van der Waals surface area contributed by atoms with E-state index in [1.54, 1.807) is 6.92 Å². The van der Waals surface area contributed by atoms with Gasteiger partial charge in [-0.3, -0.25) is 0 Å². The number of hydrogen-bond acceptors (Lipinski definition) is 3. The molecule has 0 fully saturated rings. The molecule has 4 nitrogen and oxygen atoms in total. The number of rotatable bonds is 5. The summed E-state index contributed by atoms with van der Waals surface area (Å²) < 4.78 is 5.11. The number of aromatic carboxylic acids is 1. The van der Waals surface area contributed by atoms with Gasteiger partial charge >= 0.3 is 5.97 Å². The summed E-state index contributed by atoms with van der Waals surface area (Å²) >= 11 is 0. The summed E-state index contributed by atoms with van der Waals surface area (Å²) in [5.74, 6) is -0.827. The first-order valence-electron chi connectivity index (χ1n) is 6.42. The molecule has 100 valence electrons. The monoisotopic (exact) mass is 259 g/mol. The number of hydrogen-bond donors (Lipinski definition) is 1. The number of benzene rings is 1. The Morgan fingerprint density at radius 2 is 2.00 bits per heavy atom. The lowest BCUT2D eigenvalue weighted by molar-refractivity contribution is 0.0662. The first kappa shape index (κ1) is 13.3. The van der Waals surface area contributed by atoms with Crippen LogP contribution in [0.3, 0.4) is 0 Å². The van der Waals surface area contributed by atoms with Crippen LogP contribution >= 0.6 is 0 Å². The van der Waals surface area contributed by atoms with Crippen LogP contribution < -0.4 is 0 Å². The minimum atomic E-state index is -1.09. The number of nitrogens with zero attached hydrogens (tertiary/aromatic N) is 1. The highest BCUT2D eigenvalue weighted by molar-refractivity contribution is 5.91. The number of carboxylic acids is 1. The van der Waals surface area contributed by atoms with Crippen molar-refractivity contribution in [2.45, 2.75) is 33.1 Å². The minimum Gasteiger partial charge on any atom is -0.475 e. The van der Waals surface area contributed by atoms with Crippen molar-refractivity contribution >= 4 is 5.97 Å². The Balaban J connectivity index is 2.29. The van der Waals surface area contributed by atoms with Crippen molar-refractivity contribution in [2.24, 2.45) is 0 Å². The Morgan fingerprint density at radius 1 is 1.32 bits per heavy atom. The summed E-state index contributed by atoms with van der Waals surface area (Å²) in [7, 11) is 0. The van der Waals surface area contributed by atoms with Crippen molar-refractivity contribution in [2.75, 3.05) is 0 Å². The molecule has 0 aliphatic carbocycles. The number of oxazole rings is 1. The van der Waals surface area contributed by atoms with Gasteiger partial charge in [-0.25, -0.2) is 9.78 Å². The highest BCUT2D eigenvalue weighted by atomic mass is 16.4. The molecular weight excluding hydrogens is 242 g/mol. The van der Waals surface area contributed by atoms with Crippen LogP contribution in [0.2, 0.25) is 0 Å². The molecule has 1 heterocycles. The van der Waals surface area contributed by atoms with Crippen LogP contribution in [0.15, 0.2) is 28.7 Å². The smallest absolute Gasteiger partial charge is 0.374 e. The Kier molecular flexibility index (Phi) is 4.00. The van der Waals surface area contributed by atoms with Crippen LogP contribution in [0.25, 0.3) is 11.3 Å². The molecule has 1 aromatic carbocycles. The lowest BCUT2D eigenvalue weighted by Crippen LogP contribution is -1.96. The Hall–Kier alpha value is -2.10. The topological polar surface area (TPSA) is 63.3 Å². The maximum atomic E-state index is 11.1. The van der Waals surface area contributed by atoms with Gasteiger partial charge in [0.05, 0.1) is 0 Å². The summed E-state index contributed by atoms with van der Waals surface area (Å²) in [6.45, 7) is 3.80. The predicted molar refractivity (Wildman–Crippen MR) is 72.2 cm³/mol. The molecular formula is C15H17NO3. The van der Waals surface area contributed by atoms with Crippen molar-refractivity contribution in [3.8, 4) is 11.3 Å². The van der Waals surface area contributed by atoms with E-state index in [4.69, 9.17) is 9.52 Å². The van der Waals surface area contributed by atoms with E-state index < -0.39 is 5.97 Å². The third-order valence-electron chi connectivity index (χ3n) is 2.97. The largest absolute Gasteiger partial charge is 0.475 e. The fourth-order valence-corrected chi connectivity index (χ4v) is 1.98. The number of carbonyl (C=O) groups is 1. The lowest BCUT2D eigenvalue weighted by atomic mass is 10.0. The third kappa shape index (κ3) is 3.02. The standard InChI is InChI=1S/C15H17NO3/c1-3-4-5-11-6-8-12(9-7-11)13-14(15(17)18)19-10(2)16-13/h6-9H,3-5H2,1-2H3,(H,17,18). The second-order valence-corrected chi connectivity index (χ2v) is 4.52.